The number of ether oxygens (including phenoxy) is 2. The zero-order valence-corrected chi connectivity index (χ0v) is 36.5. The van der Waals surface area contributed by atoms with E-state index in [2.05, 4.69) is 52.2 Å². The Kier molecular flexibility index (Phi) is 13.4. The molecule has 64 heavy (non-hydrogen) atoms. The fraction of sp³-hybridized carbons (Fsp3) is 0.160. The van der Waals surface area contributed by atoms with E-state index >= 15 is 0 Å². The number of aromatic nitrogens is 1. The van der Waals surface area contributed by atoms with Crippen LogP contribution in [0.15, 0.2) is 186 Å². The average molecular weight is 890 g/mol. The number of carbonyl (C=O) groups excluding carboxylic acids is 4. The molecular weight excluding hydrogens is 847 g/mol. The number of allylic oxidation sites excluding steroid dienone is 1. The molecule has 8 rings (SSSR count). The van der Waals surface area contributed by atoms with Crippen LogP contribution in [0.1, 0.15) is 46.5 Å². The summed E-state index contributed by atoms with van der Waals surface area (Å²) in [6, 6.07) is 47.8. The standard InChI is InChI=1S/C50H43N5O7S2/c1-33(56)61-30-18-23-36-31-63-47-42(46(58)55(47)43(36)48(59)62-44(34-19-8-3-9-20-34)35-21-10-4-11-22-35)52-45(57)41(54-60-2)40-32-64-49(51-40)53-50(37-24-12-5-13-25-37,38-26-14-6-15-27-38)39-28-16-7-17-29-39/h3-29,32,42,44,47H,30-31H2,1-2H3,(H,51,53)(H,52,57)/b23-18-,54-41-/t42?,47-/m1/s1. The molecule has 0 aliphatic carbocycles. The third kappa shape index (κ3) is 9.10. The third-order valence-corrected chi connectivity index (χ3v) is 12.7. The molecule has 322 valence electrons. The van der Waals surface area contributed by atoms with Crippen LogP contribution < -0.4 is 10.6 Å². The molecule has 2 atom stereocenters. The summed E-state index contributed by atoms with van der Waals surface area (Å²) in [5.41, 5.74) is 4.16. The van der Waals surface area contributed by atoms with Gasteiger partial charge in [0.1, 0.15) is 42.1 Å². The molecule has 6 aromatic rings. The molecule has 0 saturated carbocycles. The van der Waals surface area contributed by atoms with Crippen molar-refractivity contribution in [2.75, 3.05) is 24.8 Å². The molecule has 0 radical (unpaired) electrons. The zero-order valence-electron chi connectivity index (χ0n) is 34.8. The number of oxime groups is 1. The van der Waals surface area contributed by atoms with E-state index in [1.807, 2.05) is 115 Å². The van der Waals surface area contributed by atoms with Gasteiger partial charge in [0.25, 0.3) is 11.8 Å². The topological polar surface area (TPSA) is 149 Å². The maximum absolute atomic E-state index is 14.4. The summed E-state index contributed by atoms with van der Waals surface area (Å²) in [6.07, 6.45) is 2.48. The largest absolute Gasteiger partial charge is 0.462 e. The predicted octanol–water partition coefficient (Wildman–Crippen LogP) is 8.00. The number of fused-ring (bicyclic) bond motifs is 1. The number of rotatable bonds is 16. The number of benzene rings is 5. The first-order valence-corrected chi connectivity index (χ1v) is 22.3. The molecule has 0 bridgehead atoms. The minimum atomic E-state index is -1.02. The van der Waals surface area contributed by atoms with E-state index in [4.69, 9.17) is 19.3 Å². The minimum Gasteiger partial charge on any atom is -0.462 e. The summed E-state index contributed by atoms with van der Waals surface area (Å²) in [6.45, 7) is 1.28. The lowest BCUT2D eigenvalue weighted by Gasteiger charge is -2.49. The quantitative estimate of drug-likeness (QED) is 0.0322. The Morgan fingerprint density at radius 3 is 1.88 bits per heavy atom. The second-order valence-electron chi connectivity index (χ2n) is 14.7. The number of thioether (sulfide) groups is 1. The van der Waals surface area contributed by atoms with Crippen LogP contribution in [0.2, 0.25) is 0 Å². The second-order valence-corrected chi connectivity index (χ2v) is 16.6. The van der Waals surface area contributed by atoms with Gasteiger partial charge in [-0.2, -0.15) is 0 Å². The van der Waals surface area contributed by atoms with E-state index in [1.165, 1.54) is 42.0 Å². The van der Waals surface area contributed by atoms with Gasteiger partial charge in [0.15, 0.2) is 16.9 Å². The van der Waals surface area contributed by atoms with Crippen molar-refractivity contribution >= 4 is 57.7 Å². The summed E-state index contributed by atoms with van der Waals surface area (Å²) in [4.78, 5) is 65.6. The first-order valence-electron chi connectivity index (χ1n) is 20.4. The van der Waals surface area contributed by atoms with Crippen LogP contribution in [-0.2, 0) is 39.0 Å². The van der Waals surface area contributed by atoms with Crippen molar-refractivity contribution in [3.63, 3.8) is 0 Å². The molecule has 2 N–H and O–H groups in total. The fourth-order valence-corrected chi connectivity index (χ4v) is 9.82. The number of nitrogens with one attached hydrogen (secondary N) is 2. The molecule has 3 heterocycles. The van der Waals surface area contributed by atoms with Gasteiger partial charge in [-0.15, -0.1) is 23.1 Å². The third-order valence-electron chi connectivity index (χ3n) is 10.7. The highest BCUT2D eigenvalue weighted by Crippen LogP contribution is 2.43. The summed E-state index contributed by atoms with van der Waals surface area (Å²) >= 11 is 2.66. The maximum Gasteiger partial charge on any atom is 0.356 e. The van der Waals surface area contributed by atoms with Crippen LogP contribution in [0, 0.1) is 0 Å². The average Bonchev–Trinajstić information content (AvgIpc) is 3.81. The molecule has 1 aromatic heterocycles. The maximum atomic E-state index is 14.4. The van der Waals surface area contributed by atoms with Crippen molar-refractivity contribution in [1.82, 2.24) is 15.2 Å². The van der Waals surface area contributed by atoms with Crippen molar-refractivity contribution in [3.8, 4) is 0 Å². The van der Waals surface area contributed by atoms with Gasteiger partial charge < -0.3 is 24.9 Å². The van der Waals surface area contributed by atoms with Crippen LogP contribution in [0.5, 0.6) is 0 Å². The number of nitrogens with zero attached hydrogens (tertiary/aromatic N) is 3. The summed E-state index contributed by atoms with van der Waals surface area (Å²) < 4.78 is 11.3. The summed E-state index contributed by atoms with van der Waals surface area (Å²) in [5, 5.41) is 12.2. The highest BCUT2D eigenvalue weighted by atomic mass is 32.2. The zero-order chi connectivity index (χ0) is 44.5. The van der Waals surface area contributed by atoms with Gasteiger partial charge >= 0.3 is 11.9 Å². The predicted molar refractivity (Wildman–Crippen MR) is 247 cm³/mol. The number of β-lactam (4-membered cyclic amide) rings is 1. The number of esters is 2. The highest BCUT2D eigenvalue weighted by Gasteiger charge is 2.55. The number of hydrogen-bond acceptors (Lipinski definition) is 12. The van der Waals surface area contributed by atoms with E-state index in [1.54, 1.807) is 17.5 Å². The van der Waals surface area contributed by atoms with Crippen molar-refractivity contribution < 1.29 is 33.5 Å². The highest BCUT2D eigenvalue weighted by molar-refractivity contribution is 8.00. The molecule has 2 aliphatic rings. The number of carbonyl (C=O) groups is 4. The lowest BCUT2D eigenvalue weighted by molar-refractivity contribution is -0.154. The Labute approximate surface area is 378 Å². The van der Waals surface area contributed by atoms with Crippen LogP contribution >= 0.6 is 23.1 Å². The van der Waals surface area contributed by atoms with Gasteiger partial charge in [-0.25, -0.2) is 9.78 Å². The molecule has 0 spiro atoms. The smallest absolute Gasteiger partial charge is 0.356 e. The Morgan fingerprint density at radius 2 is 1.36 bits per heavy atom. The Hall–Kier alpha value is -7.29. The van der Waals surface area contributed by atoms with Crippen molar-refractivity contribution in [2.24, 2.45) is 5.16 Å². The lowest BCUT2D eigenvalue weighted by Crippen LogP contribution is -2.71. The van der Waals surface area contributed by atoms with Gasteiger partial charge in [0.2, 0.25) is 0 Å². The molecule has 5 aromatic carbocycles. The molecule has 1 saturated heterocycles. The van der Waals surface area contributed by atoms with Crippen LogP contribution in [-0.4, -0.2) is 70.2 Å². The Balaban J connectivity index is 1.06. The summed E-state index contributed by atoms with van der Waals surface area (Å²) in [5.74, 6) is -2.10. The molecule has 2 aliphatic heterocycles. The van der Waals surface area contributed by atoms with E-state index in [0.717, 1.165) is 27.8 Å². The monoisotopic (exact) mass is 889 g/mol. The lowest BCUT2D eigenvalue weighted by atomic mass is 9.77. The van der Waals surface area contributed by atoms with Crippen LogP contribution in [0.3, 0.4) is 0 Å². The molecular formula is C50H43N5O7S2. The number of anilines is 1. The van der Waals surface area contributed by atoms with Gasteiger partial charge in [-0.1, -0.05) is 163 Å². The van der Waals surface area contributed by atoms with Crippen molar-refractivity contribution in [1.29, 1.82) is 0 Å². The molecule has 2 amide bonds. The Morgan fingerprint density at radius 1 is 0.828 bits per heavy atom. The van der Waals surface area contributed by atoms with Crippen molar-refractivity contribution in [3.05, 3.63) is 214 Å². The first kappa shape index (κ1) is 43.4. The van der Waals surface area contributed by atoms with Gasteiger partial charge in [-0.05, 0) is 39.5 Å². The number of hydrogen-bond donors (Lipinski definition) is 2. The molecule has 1 unspecified atom stereocenters. The minimum absolute atomic E-state index is 0.0280. The number of thiazole rings is 1. The summed E-state index contributed by atoms with van der Waals surface area (Å²) in [7, 11) is 1.33. The first-order chi connectivity index (χ1) is 31.3. The van der Waals surface area contributed by atoms with Gasteiger partial charge in [0.05, 0.1) is 0 Å². The van der Waals surface area contributed by atoms with Crippen molar-refractivity contribution in [2.45, 2.75) is 30.0 Å². The molecule has 12 nitrogen and oxygen atoms in total. The Bertz CT molecular complexity index is 2560. The normalized spacial score (nSPS) is 16.2. The van der Waals surface area contributed by atoms with Gasteiger partial charge in [-0.3, -0.25) is 19.3 Å². The fourth-order valence-electron chi connectivity index (χ4n) is 7.75. The number of amides is 2. The van der Waals surface area contributed by atoms with E-state index in [-0.39, 0.29) is 29.5 Å². The molecule has 1 fully saturated rings. The molecule has 14 heteroatoms. The van der Waals surface area contributed by atoms with E-state index in [9.17, 15) is 19.2 Å². The van der Waals surface area contributed by atoms with E-state index in [0.29, 0.717) is 10.7 Å². The second kappa shape index (κ2) is 19.8. The van der Waals surface area contributed by atoms with Gasteiger partial charge in [0, 0.05) is 18.1 Å². The SMILES string of the molecule is CO/N=C(\C(=O)NC1C(=O)N2C(C(=O)OC(c3ccccc3)c3ccccc3)=C(/C=C\COC(C)=O)CS[C@H]12)c1csc(NC(c2ccccc2)(c2ccccc2)c2ccccc2)n1. The van der Waals surface area contributed by atoms with E-state index < -0.39 is 46.8 Å². The van der Waals surface area contributed by atoms with Crippen LogP contribution in [0.25, 0.3) is 0 Å². The van der Waals surface area contributed by atoms with Crippen LogP contribution in [0.4, 0.5) is 5.13 Å².